The van der Waals surface area contributed by atoms with Gasteiger partial charge in [-0.25, -0.2) is 9.78 Å². The molecule has 0 aromatic carbocycles. The van der Waals surface area contributed by atoms with Crippen LogP contribution in [0.2, 0.25) is 0 Å². The molecule has 4 aromatic heterocycles. The molecule has 0 saturated heterocycles. The Kier molecular flexibility index (Phi) is 4.70. The van der Waals surface area contributed by atoms with Crippen molar-refractivity contribution < 1.29 is 18.4 Å². The molecule has 0 fully saturated rings. The summed E-state index contributed by atoms with van der Waals surface area (Å²) in [6, 6.07) is 7.32. The summed E-state index contributed by atoms with van der Waals surface area (Å²) in [5.74, 6) is 0.362. The fourth-order valence-electron chi connectivity index (χ4n) is 2.13. The number of carbonyl (C=O) groups excluding carboxylic acids is 1. The van der Waals surface area contributed by atoms with Crippen LogP contribution in [0.1, 0.15) is 21.3 Å². The van der Waals surface area contributed by atoms with E-state index in [0.29, 0.717) is 21.0 Å². The summed E-state index contributed by atoms with van der Waals surface area (Å²) in [6.07, 6.45) is 0. The molecule has 7 nitrogen and oxygen atoms in total. The quantitative estimate of drug-likeness (QED) is 0.396. The zero-order chi connectivity index (χ0) is 18.1. The largest absolute Gasteiger partial charge is 0.451 e. The van der Waals surface area contributed by atoms with E-state index < -0.39 is 5.97 Å². The molecule has 4 rings (SSSR count). The zero-order valence-electron chi connectivity index (χ0n) is 13.3. The van der Waals surface area contributed by atoms with E-state index in [0.717, 1.165) is 9.88 Å². The third kappa shape index (κ3) is 3.48. The third-order valence-corrected chi connectivity index (χ3v) is 5.89. The average molecular weight is 452 g/mol. The molecule has 0 unspecified atom stereocenters. The molecule has 4 heterocycles. The smallest absolute Gasteiger partial charge is 0.350 e. The van der Waals surface area contributed by atoms with Crippen molar-refractivity contribution in [3.8, 4) is 21.5 Å². The van der Waals surface area contributed by atoms with E-state index in [4.69, 9.17) is 13.6 Å². The Morgan fingerprint density at radius 2 is 2.15 bits per heavy atom. The summed E-state index contributed by atoms with van der Waals surface area (Å²) < 4.78 is 16.6. The van der Waals surface area contributed by atoms with Crippen molar-refractivity contribution in [3.63, 3.8) is 0 Å². The van der Waals surface area contributed by atoms with Gasteiger partial charge in [0, 0.05) is 0 Å². The summed E-state index contributed by atoms with van der Waals surface area (Å²) in [7, 11) is 0. The Labute approximate surface area is 163 Å². The molecular weight excluding hydrogens is 442 g/mol. The normalized spacial score (nSPS) is 11.0. The van der Waals surface area contributed by atoms with Crippen LogP contribution in [-0.4, -0.2) is 21.2 Å². The summed E-state index contributed by atoms with van der Waals surface area (Å²) in [6.45, 7) is 1.66. The summed E-state index contributed by atoms with van der Waals surface area (Å²) in [5, 5.41) is 10.5. The Bertz CT molecular complexity index is 1050. The van der Waals surface area contributed by atoms with Crippen LogP contribution in [-0.2, 0) is 11.3 Å². The maximum Gasteiger partial charge on any atom is 0.350 e. The minimum absolute atomic E-state index is 0.126. The molecule has 4 aromatic rings. The van der Waals surface area contributed by atoms with Gasteiger partial charge in [-0.2, -0.15) is 0 Å². The highest BCUT2D eigenvalue weighted by atomic mass is 79.9. The maximum absolute atomic E-state index is 12.3. The van der Waals surface area contributed by atoms with E-state index in [1.54, 1.807) is 30.4 Å². The molecule has 0 N–H and O–H groups in total. The number of nitrogens with zero attached hydrogens (tertiary/aromatic N) is 3. The highest BCUT2D eigenvalue weighted by molar-refractivity contribution is 9.10. The number of aromatic nitrogens is 3. The first-order valence-corrected chi connectivity index (χ1v) is 9.85. The molecule has 0 spiro atoms. The van der Waals surface area contributed by atoms with Crippen molar-refractivity contribution in [2.24, 2.45) is 0 Å². The van der Waals surface area contributed by atoms with Gasteiger partial charge in [0.15, 0.2) is 17.0 Å². The number of aryl methyl sites for hydroxylation is 1. The van der Waals surface area contributed by atoms with E-state index in [1.165, 1.54) is 11.3 Å². The van der Waals surface area contributed by atoms with E-state index in [9.17, 15) is 4.79 Å². The Morgan fingerprint density at radius 3 is 2.88 bits per heavy atom. The van der Waals surface area contributed by atoms with Gasteiger partial charge < -0.3 is 13.6 Å². The Hall–Kier alpha value is -2.30. The van der Waals surface area contributed by atoms with Gasteiger partial charge in [0.2, 0.25) is 0 Å². The van der Waals surface area contributed by atoms with Crippen LogP contribution in [0.25, 0.3) is 21.5 Å². The number of thiophene rings is 1. The van der Waals surface area contributed by atoms with Gasteiger partial charge in [-0.05, 0) is 46.4 Å². The topological polar surface area (TPSA) is 91.2 Å². The summed E-state index contributed by atoms with van der Waals surface area (Å²) in [4.78, 5) is 18.3. The lowest BCUT2D eigenvalue weighted by Crippen LogP contribution is -2.05. The predicted octanol–water partition coefficient (Wildman–Crippen LogP) is 4.94. The van der Waals surface area contributed by atoms with E-state index in [1.807, 2.05) is 17.5 Å². The second kappa shape index (κ2) is 7.14. The number of rotatable bonds is 5. The average Bonchev–Trinajstić information content (AvgIpc) is 3.39. The van der Waals surface area contributed by atoms with Gasteiger partial charge in [0.1, 0.15) is 9.88 Å². The molecule has 0 radical (unpaired) electrons. The van der Waals surface area contributed by atoms with Crippen molar-refractivity contribution in [3.05, 3.63) is 50.8 Å². The molecule has 0 saturated carbocycles. The second-order valence-electron chi connectivity index (χ2n) is 5.09. The second-order valence-corrected chi connectivity index (χ2v) is 7.82. The molecule has 0 bridgehead atoms. The minimum atomic E-state index is -0.469. The minimum Gasteiger partial charge on any atom is -0.451 e. The third-order valence-electron chi connectivity index (χ3n) is 3.29. The van der Waals surface area contributed by atoms with Gasteiger partial charge in [-0.15, -0.1) is 32.9 Å². The van der Waals surface area contributed by atoms with Gasteiger partial charge in [0.25, 0.3) is 11.8 Å². The number of carbonyl (C=O) groups is 1. The zero-order valence-corrected chi connectivity index (χ0v) is 16.5. The number of hydrogen-bond donors (Lipinski definition) is 0. The summed E-state index contributed by atoms with van der Waals surface area (Å²) >= 11 is 6.08. The Morgan fingerprint density at radius 1 is 1.27 bits per heavy atom. The number of halogens is 1. The lowest BCUT2D eigenvalue weighted by atomic mass is 10.4. The van der Waals surface area contributed by atoms with Crippen LogP contribution in [0, 0.1) is 6.92 Å². The van der Waals surface area contributed by atoms with Gasteiger partial charge in [-0.3, -0.25) is 0 Å². The van der Waals surface area contributed by atoms with Crippen LogP contribution in [0.5, 0.6) is 0 Å². The van der Waals surface area contributed by atoms with Crippen molar-refractivity contribution in [2.45, 2.75) is 13.5 Å². The van der Waals surface area contributed by atoms with Crippen molar-refractivity contribution in [2.75, 3.05) is 0 Å². The molecule has 0 aliphatic rings. The summed E-state index contributed by atoms with van der Waals surface area (Å²) in [5.41, 5.74) is 0.634. The van der Waals surface area contributed by atoms with Crippen LogP contribution in [0.4, 0.5) is 0 Å². The highest BCUT2D eigenvalue weighted by Gasteiger charge is 2.19. The molecule has 0 aliphatic carbocycles. The van der Waals surface area contributed by atoms with Crippen molar-refractivity contribution in [1.82, 2.24) is 15.2 Å². The molecule has 10 heteroatoms. The van der Waals surface area contributed by atoms with Crippen LogP contribution >= 0.6 is 38.6 Å². The van der Waals surface area contributed by atoms with Crippen LogP contribution in [0.3, 0.4) is 0 Å². The molecular formula is C16H10BrN3O4S2. The van der Waals surface area contributed by atoms with Crippen LogP contribution in [0.15, 0.2) is 43.1 Å². The van der Waals surface area contributed by atoms with Crippen molar-refractivity contribution >= 4 is 44.6 Å². The Balaban J connectivity index is 1.44. The number of hydrogen-bond acceptors (Lipinski definition) is 9. The molecule has 132 valence electrons. The highest BCUT2D eigenvalue weighted by Crippen LogP contribution is 2.31. The first-order chi connectivity index (χ1) is 12.6. The monoisotopic (exact) mass is 451 g/mol. The molecule has 0 atom stereocenters. The maximum atomic E-state index is 12.3. The standard InChI is InChI=1S/C16H10BrN3O4S2/c1-8-13(26-15(18-8)10-3-2-6-25-10)16(21)22-7-12-19-20-14(24-12)9-4-5-11(17)23-9/h2-6H,7H2,1H3. The number of ether oxygens (including phenoxy) is 1. The van der Waals surface area contributed by atoms with E-state index >= 15 is 0 Å². The number of thiazole rings is 1. The number of esters is 1. The molecule has 26 heavy (non-hydrogen) atoms. The first kappa shape index (κ1) is 17.1. The van der Waals surface area contributed by atoms with E-state index in [-0.39, 0.29) is 18.4 Å². The van der Waals surface area contributed by atoms with E-state index in [2.05, 4.69) is 31.1 Å². The SMILES string of the molecule is Cc1nc(-c2cccs2)sc1C(=O)OCc1nnc(-c2ccc(Br)o2)o1. The van der Waals surface area contributed by atoms with Gasteiger partial charge in [-0.1, -0.05) is 6.07 Å². The van der Waals surface area contributed by atoms with Crippen molar-refractivity contribution in [1.29, 1.82) is 0 Å². The van der Waals surface area contributed by atoms with Gasteiger partial charge in [0.05, 0.1) is 10.6 Å². The van der Waals surface area contributed by atoms with Crippen LogP contribution < -0.4 is 0 Å². The fraction of sp³-hybridized carbons (Fsp3) is 0.125. The fourth-order valence-corrected chi connectivity index (χ4v) is 4.19. The predicted molar refractivity (Wildman–Crippen MR) is 99.0 cm³/mol. The molecule has 0 amide bonds. The lowest BCUT2D eigenvalue weighted by molar-refractivity contribution is 0.0443. The first-order valence-electron chi connectivity index (χ1n) is 7.36. The lowest BCUT2D eigenvalue weighted by Gasteiger charge is -1.99. The van der Waals surface area contributed by atoms with Gasteiger partial charge >= 0.3 is 5.97 Å². The molecule has 0 aliphatic heterocycles. The number of furan rings is 1.